The molecule has 0 fully saturated rings. The molecule has 0 saturated heterocycles. The fourth-order valence-corrected chi connectivity index (χ4v) is 8.35. The van der Waals surface area contributed by atoms with E-state index >= 15 is 0 Å². The fourth-order valence-electron chi connectivity index (χ4n) is 8.35. The Morgan fingerprint density at radius 2 is 0.500 bits per heavy atom. The van der Waals surface area contributed by atoms with Gasteiger partial charge in [0.2, 0.25) is 0 Å². The van der Waals surface area contributed by atoms with Gasteiger partial charge >= 0.3 is 0 Å². The minimum atomic E-state index is 1.09. The van der Waals surface area contributed by atoms with Crippen molar-refractivity contribution in [1.82, 2.24) is 0 Å². The summed E-state index contributed by atoms with van der Waals surface area (Å²) in [5.74, 6) is 0. The van der Waals surface area contributed by atoms with Crippen molar-refractivity contribution in [3.63, 3.8) is 0 Å². The van der Waals surface area contributed by atoms with E-state index < -0.39 is 0 Å². The third-order valence-electron chi connectivity index (χ3n) is 11.1. The largest absolute Gasteiger partial charge is 0.0984 e. The van der Waals surface area contributed by atoms with Crippen LogP contribution in [0.2, 0.25) is 0 Å². The van der Waals surface area contributed by atoms with Crippen LogP contribution in [0.1, 0.15) is 63.8 Å². The molecular formula is C60H58. The van der Waals surface area contributed by atoms with E-state index in [1.165, 1.54) is 88.0 Å². The standard InChI is InChI=1S/C54H40.3C2H6/c1-5-39-40(6-2)49(29-27-41(39)37-23-19-35(3)20-24-37)50-31-32-53(46-16-10-9-15-45(46)50)54-34-33-52(47-17-11-12-18-48(47)54)51-30-28-42(38-25-21-36(4)22-26-38)43-13-7-8-14-44(43)51;3*1-2/h5-34H,1-2H2,3-4H3;3*1-2H3. The van der Waals surface area contributed by atoms with Crippen molar-refractivity contribution < 1.29 is 0 Å². The Hall–Kier alpha value is -6.76. The summed E-state index contributed by atoms with van der Waals surface area (Å²) in [6, 6.07) is 62.4. The molecule has 0 aromatic heterocycles. The second-order valence-electron chi connectivity index (χ2n) is 14.2. The van der Waals surface area contributed by atoms with Crippen LogP contribution in [0.5, 0.6) is 0 Å². The number of hydrogen-bond donors (Lipinski definition) is 0. The maximum Gasteiger partial charge on any atom is -0.00987 e. The summed E-state index contributed by atoms with van der Waals surface area (Å²) in [6.07, 6.45) is 3.95. The van der Waals surface area contributed by atoms with Crippen LogP contribution in [0.15, 0.2) is 183 Å². The minimum Gasteiger partial charge on any atom is -0.0984 e. The molecule has 0 amide bonds. The highest BCUT2D eigenvalue weighted by molar-refractivity contribution is 6.15. The van der Waals surface area contributed by atoms with E-state index in [0.29, 0.717) is 0 Å². The van der Waals surface area contributed by atoms with Crippen LogP contribution in [0, 0.1) is 13.8 Å². The monoisotopic (exact) mass is 778 g/mol. The van der Waals surface area contributed by atoms with Gasteiger partial charge in [0.05, 0.1) is 0 Å². The second-order valence-corrected chi connectivity index (χ2v) is 14.2. The molecule has 0 nitrogen and oxygen atoms in total. The van der Waals surface area contributed by atoms with E-state index in [-0.39, 0.29) is 0 Å². The summed E-state index contributed by atoms with van der Waals surface area (Å²) in [6.45, 7) is 24.8. The Morgan fingerprint density at radius 1 is 0.267 bits per heavy atom. The van der Waals surface area contributed by atoms with E-state index in [1.54, 1.807) is 0 Å². The van der Waals surface area contributed by atoms with Crippen molar-refractivity contribution in [1.29, 1.82) is 0 Å². The average molecular weight is 779 g/mol. The first-order chi connectivity index (χ1) is 29.5. The summed E-state index contributed by atoms with van der Waals surface area (Å²) in [5, 5.41) is 7.43. The SMILES string of the molecule is C=Cc1c(-c2ccc(C)cc2)ccc(-c2ccc(-c3ccc(-c4ccc(-c5ccc(C)cc5)c5ccccc45)c4ccccc34)c3ccccc23)c1C=C.CC.CC.CC. The average Bonchev–Trinajstić information content (AvgIpc) is 3.32. The normalized spacial score (nSPS) is 10.5. The lowest BCUT2D eigenvalue weighted by Gasteiger charge is -2.19. The Morgan fingerprint density at radius 3 is 0.833 bits per heavy atom. The Labute approximate surface area is 359 Å². The summed E-state index contributed by atoms with van der Waals surface area (Å²) >= 11 is 0. The molecule has 0 saturated carbocycles. The third-order valence-corrected chi connectivity index (χ3v) is 11.1. The molecule has 0 bridgehead atoms. The number of fused-ring (bicyclic) bond motifs is 3. The zero-order valence-corrected chi connectivity index (χ0v) is 36.7. The van der Waals surface area contributed by atoms with Gasteiger partial charge in [0.1, 0.15) is 0 Å². The first kappa shape index (κ1) is 42.8. The van der Waals surface area contributed by atoms with Crippen molar-refractivity contribution in [2.45, 2.75) is 55.4 Å². The lowest BCUT2D eigenvalue weighted by atomic mass is 9.84. The molecule has 0 aliphatic carbocycles. The van der Waals surface area contributed by atoms with Gasteiger partial charge in [-0.25, -0.2) is 0 Å². The topological polar surface area (TPSA) is 0 Å². The molecule has 9 aromatic carbocycles. The molecule has 9 aromatic rings. The van der Waals surface area contributed by atoms with Crippen LogP contribution < -0.4 is 0 Å². The number of aryl methyl sites for hydroxylation is 2. The quantitative estimate of drug-likeness (QED) is 0.151. The van der Waals surface area contributed by atoms with Gasteiger partial charge in [-0.15, -0.1) is 0 Å². The van der Waals surface area contributed by atoms with Crippen LogP contribution in [-0.4, -0.2) is 0 Å². The molecule has 0 aliphatic heterocycles. The molecule has 0 atom stereocenters. The number of hydrogen-bond acceptors (Lipinski definition) is 0. The smallest absolute Gasteiger partial charge is 0.00987 e. The van der Waals surface area contributed by atoms with E-state index in [0.717, 1.165) is 22.3 Å². The summed E-state index contributed by atoms with van der Waals surface area (Å²) in [7, 11) is 0. The zero-order chi connectivity index (χ0) is 42.8. The molecule has 0 heterocycles. The molecule has 0 spiro atoms. The molecule has 0 unspecified atom stereocenters. The molecule has 0 heteroatoms. The molecular weight excluding hydrogens is 721 g/mol. The van der Waals surface area contributed by atoms with Crippen molar-refractivity contribution >= 4 is 44.5 Å². The third kappa shape index (κ3) is 8.12. The lowest BCUT2D eigenvalue weighted by molar-refractivity contribution is 1.46. The molecule has 298 valence electrons. The van der Waals surface area contributed by atoms with Crippen LogP contribution in [0.3, 0.4) is 0 Å². The summed E-state index contributed by atoms with van der Waals surface area (Å²) < 4.78 is 0. The van der Waals surface area contributed by atoms with Gasteiger partial charge in [-0.1, -0.05) is 248 Å². The highest BCUT2D eigenvalue weighted by Crippen LogP contribution is 2.44. The highest BCUT2D eigenvalue weighted by atomic mass is 14.2. The summed E-state index contributed by atoms with van der Waals surface area (Å²) in [5.41, 5.74) is 16.8. The minimum absolute atomic E-state index is 1.09. The predicted octanol–water partition coefficient (Wildman–Crippen LogP) is 18.5. The maximum atomic E-state index is 4.28. The number of benzene rings is 9. The lowest BCUT2D eigenvalue weighted by Crippen LogP contribution is -1.94. The van der Waals surface area contributed by atoms with E-state index in [2.05, 4.69) is 197 Å². The Bertz CT molecular complexity index is 2900. The van der Waals surface area contributed by atoms with E-state index in [9.17, 15) is 0 Å². The van der Waals surface area contributed by atoms with Gasteiger partial charge in [0.25, 0.3) is 0 Å². The molecule has 0 radical (unpaired) electrons. The van der Waals surface area contributed by atoms with Crippen LogP contribution >= 0.6 is 0 Å². The first-order valence-electron chi connectivity index (χ1n) is 21.7. The van der Waals surface area contributed by atoms with Gasteiger partial charge in [-0.05, 0) is 113 Å². The Balaban J connectivity index is 0.000000964. The molecule has 9 rings (SSSR count). The van der Waals surface area contributed by atoms with Gasteiger partial charge in [-0.2, -0.15) is 0 Å². The number of rotatable bonds is 7. The maximum absolute atomic E-state index is 4.28. The predicted molar refractivity (Wildman–Crippen MR) is 270 cm³/mol. The van der Waals surface area contributed by atoms with Crippen molar-refractivity contribution in [2.24, 2.45) is 0 Å². The first-order valence-corrected chi connectivity index (χ1v) is 21.7. The molecule has 0 N–H and O–H groups in total. The molecule has 60 heavy (non-hydrogen) atoms. The highest BCUT2D eigenvalue weighted by Gasteiger charge is 2.18. The summed E-state index contributed by atoms with van der Waals surface area (Å²) in [4.78, 5) is 0. The zero-order valence-electron chi connectivity index (χ0n) is 36.7. The van der Waals surface area contributed by atoms with Gasteiger partial charge < -0.3 is 0 Å². The molecule has 0 aliphatic rings. The second kappa shape index (κ2) is 19.8. The van der Waals surface area contributed by atoms with Crippen LogP contribution in [0.4, 0.5) is 0 Å². The van der Waals surface area contributed by atoms with Gasteiger partial charge in [0.15, 0.2) is 0 Å². The van der Waals surface area contributed by atoms with Gasteiger partial charge in [0, 0.05) is 0 Å². The van der Waals surface area contributed by atoms with E-state index in [1.807, 2.05) is 53.7 Å². The van der Waals surface area contributed by atoms with Gasteiger partial charge in [-0.3, -0.25) is 0 Å². The van der Waals surface area contributed by atoms with Crippen LogP contribution in [0.25, 0.3) is 100 Å². The fraction of sp³-hybridized carbons (Fsp3) is 0.133. The Kier molecular flexibility index (Phi) is 14.1. The van der Waals surface area contributed by atoms with Crippen LogP contribution in [-0.2, 0) is 0 Å². The van der Waals surface area contributed by atoms with Crippen molar-refractivity contribution in [3.8, 4) is 55.6 Å². The van der Waals surface area contributed by atoms with Crippen molar-refractivity contribution in [2.75, 3.05) is 0 Å². The van der Waals surface area contributed by atoms with E-state index in [4.69, 9.17) is 0 Å². The van der Waals surface area contributed by atoms with Crippen molar-refractivity contribution in [3.05, 3.63) is 205 Å².